The normalized spacial score (nSPS) is 11.6. The standard InChI is InChI=1S/C12H12ClN3O3S2/c1-16(2)21(18,19)15-11(17)10-7-20-12(14-10)8-3-5-9(13)6-4-8/h3-7H,1-2H3,(H,15,17). The Balaban J connectivity index is 2.20. The Hall–Kier alpha value is -1.48. The number of nitrogens with one attached hydrogen (secondary N) is 1. The SMILES string of the molecule is CN(C)S(=O)(=O)NC(=O)c1csc(-c2ccc(Cl)cc2)n1. The number of hydrogen-bond donors (Lipinski definition) is 1. The predicted molar refractivity (Wildman–Crippen MR) is 82.6 cm³/mol. The molecule has 2 rings (SSSR count). The van der Waals surface area contributed by atoms with Crippen LogP contribution in [0.2, 0.25) is 5.02 Å². The second-order valence-electron chi connectivity index (χ2n) is 4.26. The van der Waals surface area contributed by atoms with Crippen molar-refractivity contribution in [3.63, 3.8) is 0 Å². The van der Waals surface area contributed by atoms with E-state index in [1.54, 1.807) is 24.3 Å². The zero-order valence-electron chi connectivity index (χ0n) is 11.2. The molecule has 0 atom stereocenters. The van der Waals surface area contributed by atoms with Crippen LogP contribution in [0.25, 0.3) is 10.6 Å². The third kappa shape index (κ3) is 3.79. The number of carbonyl (C=O) groups excluding carboxylic acids is 1. The van der Waals surface area contributed by atoms with Gasteiger partial charge in [0.2, 0.25) is 0 Å². The molecule has 1 aromatic heterocycles. The number of benzene rings is 1. The minimum absolute atomic E-state index is 0.0513. The van der Waals surface area contributed by atoms with Crippen LogP contribution in [-0.2, 0) is 10.2 Å². The van der Waals surface area contributed by atoms with Crippen LogP contribution in [0.4, 0.5) is 0 Å². The summed E-state index contributed by atoms with van der Waals surface area (Å²) in [7, 11) is -1.17. The summed E-state index contributed by atoms with van der Waals surface area (Å²) in [6.07, 6.45) is 0. The van der Waals surface area contributed by atoms with Crippen molar-refractivity contribution in [1.82, 2.24) is 14.0 Å². The lowest BCUT2D eigenvalue weighted by Crippen LogP contribution is -2.39. The molecule has 0 aliphatic carbocycles. The number of hydrogen-bond acceptors (Lipinski definition) is 5. The number of carbonyl (C=O) groups is 1. The van der Waals surface area contributed by atoms with E-state index in [0.717, 1.165) is 9.87 Å². The highest BCUT2D eigenvalue weighted by Gasteiger charge is 2.20. The van der Waals surface area contributed by atoms with Crippen LogP contribution in [0.15, 0.2) is 29.6 Å². The van der Waals surface area contributed by atoms with Gasteiger partial charge in [-0.15, -0.1) is 11.3 Å². The van der Waals surface area contributed by atoms with E-state index in [1.165, 1.54) is 30.8 Å². The molecule has 9 heteroatoms. The maximum atomic E-state index is 11.9. The average Bonchev–Trinajstić information content (AvgIpc) is 2.88. The molecule has 0 spiro atoms. The van der Waals surface area contributed by atoms with Gasteiger partial charge in [-0.1, -0.05) is 23.7 Å². The second-order valence-corrected chi connectivity index (χ2v) is 7.44. The summed E-state index contributed by atoms with van der Waals surface area (Å²) in [6, 6.07) is 6.99. The summed E-state index contributed by atoms with van der Waals surface area (Å²) in [4.78, 5) is 16.0. The highest BCUT2D eigenvalue weighted by molar-refractivity contribution is 7.87. The van der Waals surface area contributed by atoms with Gasteiger partial charge in [-0.25, -0.2) is 9.71 Å². The van der Waals surface area contributed by atoms with Gasteiger partial charge in [-0.3, -0.25) is 4.79 Å². The van der Waals surface area contributed by atoms with Crippen LogP contribution < -0.4 is 4.72 Å². The molecule has 2 aromatic rings. The molecule has 1 amide bonds. The summed E-state index contributed by atoms with van der Waals surface area (Å²) >= 11 is 7.05. The number of amides is 1. The minimum Gasteiger partial charge on any atom is -0.266 e. The summed E-state index contributed by atoms with van der Waals surface area (Å²) in [5.41, 5.74) is 0.856. The molecule has 0 radical (unpaired) electrons. The molecular formula is C12H12ClN3O3S2. The molecule has 0 unspecified atom stereocenters. The van der Waals surface area contributed by atoms with E-state index >= 15 is 0 Å². The van der Waals surface area contributed by atoms with Gasteiger partial charge < -0.3 is 0 Å². The van der Waals surface area contributed by atoms with E-state index in [0.29, 0.717) is 10.0 Å². The Bertz CT molecular complexity index is 754. The van der Waals surface area contributed by atoms with Gasteiger partial charge in [0.05, 0.1) is 0 Å². The van der Waals surface area contributed by atoms with Crippen LogP contribution in [0.5, 0.6) is 0 Å². The van der Waals surface area contributed by atoms with Crippen LogP contribution >= 0.6 is 22.9 Å². The molecule has 0 fully saturated rings. The van der Waals surface area contributed by atoms with Crippen molar-refractivity contribution < 1.29 is 13.2 Å². The van der Waals surface area contributed by atoms with Gasteiger partial charge in [-0.05, 0) is 12.1 Å². The van der Waals surface area contributed by atoms with Crippen molar-refractivity contribution in [1.29, 1.82) is 0 Å². The molecule has 0 bridgehead atoms. The van der Waals surface area contributed by atoms with Crippen molar-refractivity contribution in [2.45, 2.75) is 0 Å². The van der Waals surface area contributed by atoms with Crippen molar-refractivity contribution in [3.8, 4) is 10.6 Å². The van der Waals surface area contributed by atoms with Gasteiger partial charge >= 0.3 is 10.2 Å². The number of aromatic nitrogens is 1. The van der Waals surface area contributed by atoms with Crippen molar-refractivity contribution in [2.75, 3.05) is 14.1 Å². The van der Waals surface area contributed by atoms with E-state index in [4.69, 9.17) is 11.6 Å². The van der Waals surface area contributed by atoms with Crippen molar-refractivity contribution in [3.05, 3.63) is 40.4 Å². The molecule has 0 aliphatic heterocycles. The molecule has 0 aliphatic rings. The Kier molecular flexibility index (Phi) is 4.62. The molecule has 21 heavy (non-hydrogen) atoms. The molecule has 1 heterocycles. The van der Waals surface area contributed by atoms with Crippen molar-refractivity contribution in [2.24, 2.45) is 0 Å². The Morgan fingerprint density at radius 3 is 2.48 bits per heavy atom. The Morgan fingerprint density at radius 1 is 1.29 bits per heavy atom. The quantitative estimate of drug-likeness (QED) is 0.919. The monoisotopic (exact) mass is 345 g/mol. The topological polar surface area (TPSA) is 79.4 Å². The van der Waals surface area contributed by atoms with Gasteiger partial charge in [-0.2, -0.15) is 12.7 Å². The molecular weight excluding hydrogens is 334 g/mol. The maximum Gasteiger partial charge on any atom is 0.303 e. The first kappa shape index (κ1) is 15.9. The first-order valence-electron chi connectivity index (χ1n) is 5.75. The summed E-state index contributed by atoms with van der Waals surface area (Å²) < 4.78 is 26.0. The van der Waals surface area contributed by atoms with Crippen LogP contribution in [0.3, 0.4) is 0 Å². The van der Waals surface area contributed by atoms with Crippen LogP contribution in [0.1, 0.15) is 10.5 Å². The van der Waals surface area contributed by atoms with Gasteiger partial charge in [0.25, 0.3) is 5.91 Å². The van der Waals surface area contributed by atoms with Gasteiger partial charge in [0, 0.05) is 30.1 Å². The Labute approximate surface area is 131 Å². The first-order valence-corrected chi connectivity index (χ1v) is 8.45. The predicted octanol–water partition coefficient (Wildman–Crippen LogP) is 2.00. The summed E-state index contributed by atoms with van der Waals surface area (Å²) in [5.74, 6) is -0.764. The lowest BCUT2D eigenvalue weighted by atomic mass is 10.2. The fraction of sp³-hybridized carbons (Fsp3) is 0.167. The molecule has 0 saturated carbocycles. The number of rotatable bonds is 4. The van der Waals surface area contributed by atoms with Crippen LogP contribution in [0, 0.1) is 0 Å². The molecule has 1 N–H and O–H groups in total. The van der Waals surface area contributed by atoms with E-state index in [2.05, 4.69) is 4.98 Å². The van der Waals surface area contributed by atoms with Crippen LogP contribution in [-0.4, -0.2) is 37.7 Å². The number of nitrogens with zero attached hydrogens (tertiary/aromatic N) is 2. The molecule has 0 saturated heterocycles. The fourth-order valence-electron chi connectivity index (χ4n) is 1.36. The number of halogens is 1. The highest BCUT2D eigenvalue weighted by atomic mass is 35.5. The fourth-order valence-corrected chi connectivity index (χ4v) is 2.82. The minimum atomic E-state index is -3.83. The Morgan fingerprint density at radius 2 is 1.90 bits per heavy atom. The molecule has 6 nitrogen and oxygen atoms in total. The zero-order valence-corrected chi connectivity index (χ0v) is 13.6. The third-order valence-corrected chi connectivity index (χ3v) is 5.08. The summed E-state index contributed by atoms with van der Waals surface area (Å²) in [6.45, 7) is 0. The van der Waals surface area contributed by atoms with E-state index in [-0.39, 0.29) is 5.69 Å². The maximum absolute atomic E-state index is 11.9. The van der Waals surface area contributed by atoms with E-state index in [1.807, 2.05) is 4.72 Å². The van der Waals surface area contributed by atoms with E-state index < -0.39 is 16.1 Å². The lowest BCUT2D eigenvalue weighted by molar-refractivity contribution is 0.0975. The second kappa shape index (κ2) is 6.10. The first-order chi connectivity index (χ1) is 9.79. The average molecular weight is 346 g/mol. The van der Waals surface area contributed by atoms with E-state index in [9.17, 15) is 13.2 Å². The molecule has 112 valence electrons. The largest absolute Gasteiger partial charge is 0.303 e. The summed E-state index contributed by atoms with van der Waals surface area (Å²) in [5, 5.41) is 2.72. The van der Waals surface area contributed by atoms with Crippen molar-refractivity contribution >= 4 is 39.1 Å². The zero-order chi connectivity index (χ0) is 15.6. The van der Waals surface area contributed by atoms with Gasteiger partial charge in [0.1, 0.15) is 10.7 Å². The lowest BCUT2D eigenvalue weighted by Gasteiger charge is -2.10. The smallest absolute Gasteiger partial charge is 0.266 e. The highest BCUT2D eigenvalue weighted by Crippen LogP contribution is 2.25. The molecule has 1 aromatic carbocycles. The van der Waals surface area contributed by atoms with Gasteiger partial charge in [0.15, 0.2) is 0 Å². The third-order valence-electron chi connectivity index (χ3n) is 2.53. The number of thiazole rings is 1.